The second-order valence-corrected chi connectivity index (χ2v) is 13.8. The minimum absolute atomic E-state index is 0. The van der Waals surface area contributed by atoms with E-state index in [1.165, 1.54) is 116 Å². The van der Waals surface area contributed by atoms with Crippen LogP contribution in [0.5, 0.6) is 0 Å². The zero-order valence-corrected chi connectivity index (χ0v) is 30.9. The monoisotopic (exact) mass is 654 g/mol. The Kier molecular flexibility index (Phi) is 34.2. The van der Waals surface area contributed by atoms with Crippen LogP contribution in [0.2, 0.25) is 0 Å². The van der Waals surface area contributed by atoms with Crippen LogP contribution in [0.4, 0.5) is 0 Å². The van der Waals surface area contributed by atoms with Gasteiger partial charge in [-0.25, -0.2) is 9.59 Å². The van der Waals surface area contributed by atoms with Crippen LogP contribution in [0.15, 0.2) is 0 Å². The van der Waals surface area contributed by atoms with Gasteiger partial charge in [0.05, 0.1) is 54.5 Å². The second kappa shape index (κ2) is 31.4. The van der Waals surface area contributed by atoms with Gasteiger partial charge in [0.2, 0.25) is 0 Å². The normalized spacial score (nSPS) is 11.5. The van der Waals surface area contributed by atoms with E-state index in [1.54, 1.807) is 0 Å². The molecule has 0 heterocycles. The molecule has 0 unspecified atom stereocenters. The number of esters is 2. The number of hydrogen-bond donors (Lipinski definition) is 0. The Bertz CT molecular complexity index is 581. The molecule has 260 valence electrons. The van der Waals surface area contributed by atoms with Crippen LogP contribution < -0.4 is 24.8 Å². The summed E-state index contributed by atoms with van der Waals surface area (Å²) < 4.78 is 12.2. The molecule has 0 aliphatic carbocycles. The fourth-order valence-electron chi connectivity index (χ4n) is 5.43. The number of halogens is 2. The molecular formula is C35H72Cl2N2O4. The van der Waals surface area contributed by atoms with Crippen LogP contribution in [0.3, 0.4) is 0 Å². The average Bonchev–Trinajstić information content (AvgIpc) is 2.90. The minimum atomic E-state index is -0.164. The number of carbonyl (C=O) groups is 2. The summed E-state index contributed by atoms with van der Waals surface area (Å²) in [6, 6.07) is 0. The van der Waals surface area contributed by atoms with Gasteiger partial charge in [0.1, 0.15) is 0 Å². The fourth-order valence-corrected chi connectivity index (χ4v) is 5.43. The molecule has 0 rings (SSSR count). The van der Waals surface area contributed by atoms with Gasteiger partial charge in [-0.3, -0.25) is 0 Å². The quantitative estimate of drug-likeness (QED) is 0.0679. The predicted molar refractivity (Wildman–Crippen MR) is 174 cm³/mol. The van der Waals surface area contributed by atoms with Crippen LogP contribution in [-0.2, 0) is 19.1 Å². The van der Waals surface area contributed by atoms with E-state index < -0.39 is 0 Å². The number of carbonyl (C=O) groups excluding carboxylic acids is 2. The molecular weight excluding hydrogens is 583 g/mol. The van der Waals surface area contributed by atoms with Crippen molar-refractivity contribution in [2.75, 3.05) is 67.6 Å². The Hall–Kier alpha value is -0.560. The van der Waals surface area contributed by atoms with Crippen molar-refractivity contribution >= 4 is 11.9 Å². The molecule has 8 heteroatoms. The van der Waals surface area contributed by atoms with Crippen LogP contribution in [0, 0.1) is 0 Å². The van der Waals surface area contributed by atoms with Gasteiger partial charge in [-0.1, -0.05) is 117 Å². The van der Waals surface area contributed by atoms with Gasteiger partial charge in [0.25, 0.3) is 0 Å². The molecule has 0 aromatic heterocycles. The van der Waals surface area contributed by atoms with Crippen molar-refractivity contribution < 1.29 is 52.8 Å². The molecule has 0 aliphatic rings. The Labute approximate surface area is 280 Å². The zero-order chi connectivity index (χ0) is 30.7. The lowest BCUT2D eigenvalue weighted by Crippen LogP contribution is -3.00. The van der Waals surface area contributed by atoms with Crippen molar-refractivity contribution in [3.63, 3.8) is 0 Å². The van der Waals surface area contributed by atoms with Gasteiger partial charge in [-0.05, 0) is 25.7 Å². The van der Waals surface area contributed by atoms with E-state index in [0.717, 1.165) is 25.9 Å². The van der Waals surface area contributed by atoms with E-state index in [1.807, 2.05) is 0 Å². The highest BCUT2D eigenvalue weighted by Crippen LogP contribution is 2.13. The summed E-state index contributed by atoms with van der Waals surface area (Å²) in [6.07, 6.45) is 27.0. The molecule has 0 N–H and O–H groups in total. The van der Waals surface area contributed by atoms with Gasteiger partial charge >= 0.3 is 11.9 Å². The van der Waals surface area contributed by atoms with Gasteiger partial charge < -0.3 is 43.3 Å². The second-order valence-electron chi connectivity index (χ2n) is 13.8. The number of rotatable bonds is 30. The number of unbranched alkanes of at least 4 members (excludes halogenated alkanes) is 18. The molecule has 6 nitrogen and oxygen atoms in total. The van der Waals surface area contributed by atoms with Crippen molar-refractivity contribution in [3.05, 3.63) is 0 Å². The standard InChI is InChI=1S/C35H72N2O4.2ClH/c1-7-9-11-13-15-17-19-21-23-25-28-36(3,4)32-34(38)40-30-27-31-41-35(39)33-37(5,6)29-26-24-22-20-18-16-14-12-10-8-2;;/h7-33H2,1-6H3;2*1H/q+2;;/p-2. The van der Waals surface area contributed by atoms with E-state index >= 15 is 0 Å². The maximum atomic E-state index is 12.3. The third-order valence-corrected chi connectivity index (χ3v) is 8.16. The van der Waals surface area contributed by atoms with E-state index in [0.29, 0.717) is 41.7 Å². The zero-order valence-electron chi connectivity index (χ0n) is 29.4. The molecule has 0 aromatic rings. The molecule has 0 saturated carbocycles. The highest BCUT2D eigenvalue weighted by molar-refractivity contribution is 5.71. The Balaban J connectivity index is -0.00000800. The molecule has 0 atom stereocenters. The molecule has 0 aromatic carbocycles. The number of quaternary nitrogens is 2. The molecule has 0 fully saturated rings. The van der Waals surface area contributed by atoms with Crippen LogP contribution >= 0.6 is 0 Å². The fraction of sp³-hybridized carbons (Fsp3) is 0.943. The maximum absolute atomic E-state index is 12.3. The molecule has 0 aliphatic heterocycles. The van der Waals surface area contributed by atoms with E-state index in [4.69, 9.17) is 9.47 Å². The highest BCUT2D eigenvalue weighted by Gasteiger charge is 2.22. The number of hydrogen-bond acceptors (Lipinski definition) is 4. The first-order valence-corrected chi connectivity index (χ1v) is 17.6. The number of ether oxygens (including phenoxy) is 2. The Morgan fingerprint density at radius 1 is 0.419 bits per heavy atom. The van der Waals surface area contributed by atoms with Crippen LogP contribution in [-0.4, -0.2) is 88.5 Å². The minimum Gasteiger partial charge on any atom is -1.00 e. The summed E-state index contributed by atoms with van der Waals surface area (Å²) in [7, 11) is 8.41. The van der Waals surface area contributed by atoms with E-state index in [2.05, 4.69) is 42.0 Å². The number of nitrogens with zero attached hydrogens (tertiary/aromatic N) is 2. The molecule has 0 saturated heterocycles. The van der Waals surface area contributed by atoms with Crippen molar-refractivity contribution in [3.8, 4) is 0 Å². The van der Waals surface area contributed by atoms with Crippen molar-refractivity contribution in [1.29, 1.82) is 0 Å². The topological polar surface area (TPSA) is 52.6 Å². The molecule has 0 spiro atoms. The van der Waals surface area contributed by atoms with Crippen LogP contribution in [0.25, 0.3) is 0 Å². The van der Waals surface area contributed by atoms with Gasteiger partial charge in [-0.15, -0.1) is 0 Å². The third-order valence-electron chi connectivity index (χ3n) is 8.16. The summed E-state index contributed by atoms with van der Waals surface area (Å²) in [6.45, 7) is 7.92. The van der Waals surface area contributed by atoms with E-state index in [-0.39, 0.29) is 36.8 Å². The van der Waals surface area contributed by atoms with Crippen molar-refractivity contribution in [2.24, 2.45) is 0 Å². The molecule has 0 bridgehead atoms. The van der Waals surface area contributed by atoms with E-state index in [9.17, 15) is 9.59 Å². The Morgan fingerprint density at radius 2 is 0.674 bits per heavy atom. The summed E-state index contributed by atoms with van der Waals surface area (Å²) in [5, 5.41) is 0. The summed E-state index contributed by atoms with van der Waals surface area (Å²) in [5.41, 5.74) is 0. The van der Waals surface area contributed by atoms with Gasteiger partial charge in [-0.2, -0.15) is 0 Å². The third kappa shape index (κ3) is 34.2. The summed E-state index contributed by atoms with van der Waals surface area (Å²) >= 11 is 0. The first kappa shape index (κ1) is 46.9. The Morgan fingerprint density at radius 3 is 0.953 bits per heavy atom. The van der Waals surface area contributed by atoms with Crippen molar-refractivity contribution in [2.45, 2.75) is 149 Å². The summed E-state index contributed by atoms with van der Waals surface area (Å²) in [4.78, 5) is 24.6. The lowest BCUT2D eigenvalue weighted by Gasteiger charge is -2.28. The average molecular weight is 656 g/mol. The predicted octanol–water partition coefficient (Wildman–Crippen LogP) is 2.47. The molecule has 0 radical (unpaired) electrons. The summed E-state index contributed by atoms with van der Waals surface area (Å²) in [5.74, 6) is -0.328. The highest BCUT2D eigenvalue weighted by atomic mass is 35.5. The van der Waals surface area contributed by atoms with Crippen molar-refractivity contribution in [1.82, 2.24) is 0 Å². The maximum Gasteiger partial charge on any atom is 0.361 e. The smallest absolute Gasteiger partial charge is 0.361 e. The number of likely N-dealkylation sites (N-methyl/N-ethyl adjacent to an activating group) is 2. The first-order valence-electron chi connectivity index (χ1n) is 17.6. The van der Waals surface area contributed by atoms with Gasteiger partial charge in [0, 0.05) is 6.42 Å². The van der Waals surface area contributed by atoms with Crippen LogP contribution in [0.1, 0.15) is 149 Å². The van der Waals surface area contributed by atoms with Gasteiger partial charge in [0.15, 0.2) is 13.1 Å². The molecule has 0 amide bonds. The lowest BCUT2D eigenvalue weighted by molar-refractivity contribution is -0.883. The first-order chi connectivity index (χ1) is 19.6. The SMILES string of the molecule is CCCCCCCCCCCC[N+](C)(C)CC(=O)OCCCOC(=O)C[N+](C)(C)CCCCCCCCCCCC.[Cl-].[Cl-]. The lowest BCUT2D eigenvalue weighted by atomic mass is 10.1. The molecule has 43 heavy (non-hydrogen) atoms. The largest absolute Gasteiger partial charge is 1.00 e.